The maximum absolute atomic E-state index is 6.04. The van der Waals surface area contributed by atoms with Crippen LogP contribution in [0, 0.1) is 0 Å². The van der Waals surface area contributed by atoms with Crippen LogP contribution in [0.5, 0.6) is 0 Å². The number of hydrogen-bond donors (Lipinski definition) is 1. The van der Waals surface area contributed by atoms with Crippen molar-refractivity contribution in [1.82, 2.24) is 9.97 Å². The summed E-state index contributed by atoms with van der Waals surface area (Å²) >= 11 is 6.04. The molecule has 0 radical (unpaired) electrons. The van der Waals surface area contributed by atoms with Crippen LogP contribution in [0.4, 0.5) is 5.82 Å². The highest BCUT2D eigenvalue weighted by molar-refractivity contribution is 6.29. The molecule has 0 atom stereocenters. The molecule has 1 aromatic heterocycles. The van der Waals surface area contributed by atoms with E-state index in [4.69, 9.17) is 11.6 Å². The van der Waals surface area contributed by atoms with Crippen molar-refractivity contribution in [3.8, 4) is 0 Å². The molecule has 1 aliphatic rings. The molecule has 3 nitrogen and oxygen atoms in total. The van der Waals surface area contributed by atoms with Crippen LogP contribution in [-0.2, 0) is 0 Å². The van der Waals surface area contributed by atoms with Gasteiger partial charge in [0.05, 0.1) is 0 Å². The van der Waals surface area contributed by atoms with Crippen molar-refractivity contribution in [3.05, 3.63) is 17.0 Å². The monoisotopic (exact) mass is 253 g/mol. The van der Waals surface area contributed by atoms with Crippen LogP contribution >= 0.6 is 11.6 Å². The van der Waals surface area contributed by atoms with Crippen LogP contribution in [-0.4, -0.2) is 15.5 Å². The molecule has 17 heavy (non-hydrogen) atoms. The average molecular weight is 254 g/mol. The van der Waals surface area contributed by atoms with E-state index in [-0.39, 0.29) is 5.54 Å². The second kappa shape index (κ2) is 4.81. The first kappa shape index (κ1) is 12.6. The lowest BCUT2D eigenvalue weighted by atomic mass is 9.75. The molecular weight excluding hydrogens is 234 g/mol. The fourth-order valence-corrected chi connectivity index (χ4v) is 2.39. The fourth-order valence-electron chi connectivity index (χ4n) is 2.20. The van der Waals surface area contributed by atoms with E-state index >= 15 is 0 Å². The molecule has 94 valence electrons. The van der Waals surface area contributed by atoms with E-state index in [1.807, 2.05) is 6.07 Å². The number of nitrogens with one attached hydrogen (secondary N) is 1. The van der Waals surface area contributed by atoms with Crippen molar-refractivity contribution < 1.29 is 0 Å². The largest absolute Gasteiger partial charge is 0.364 e. The van der Waals surface area contributed by atoms with Gasteiger partial charge >= 0.3 is 0 Å². The zero-order chi connectivity index (χ0) is 12.5. The molecule has 0 amide bonds. The Balaban J connectivity index is 2.20. The van der Waals surface area contributed by atoms with Gasteiger partial charge in [-0.1, -0.05) is 32.4 Å². The molecule has 0 aromatic carbocycles. The summed E-state index contributed by atoms with van der Waals surface area (Å²) in [6.45, 7) is 6.38. The van der Waals surface area contributed by atoms with Gasteiger partial charge in [0.25, 0.3) is 0 Å². The number of hydrogen-bond acceptors (Lipinski definition) is 3. The molecule has 1 aromatic rings. The standard InChI is InChI=1S/C13H20ClN3/c1-4-13(6-5-7-13)17-11-8-10(14)15-12(16-11)9(2)3/h8-9H,4-7H2,1-3H3,(H,15,16,17). The van der Waals surface area contributed by atoms with Crippen LogP contribution in [0.1, 0.15) is 58.2 Å². The van der Waals surface area contributed by atoms with Gasteiger partial charge in [0.1, 0.15) is 16.8 Å². The number of nitrogens with zero attached hydrogens (tertiary/aromatic N) is 2. The highest BCUT2D eigenvalue weighted by Gasteiger charge is 2.35. The number of anilines is 1. The number of halogens is 1. The zero-order valence-electron chi connectivity index (χ0n) is 10.8. The molecule has 0 aliphatic heterocycles. The molecule has 1 heterocycles. The Kier molecular flexibility index (Phi) is 3.57. The van der Waals surface area contributed by atoms with Gasteiger partial charge in [-0.15, -0.1) is 0 Å². The summed E-state index contributed by atoms with van der Waals surface area (Å²) in [5.74, 6) is 1.98. The predicted octanol–water partition coefficient (Wildman–Crippen LogP) is 4.00. The van der Waals surface area contributed by atoms with Gasteiger partial charge in [-0.25, -0.2) is 9.97 Å². The normalized spacial score (nSPS) is 17.9. The predicted molar refractivity (Wildman–Crippen MR) is 71.6 cm³/mol. The van der Waals surface area contributed by atoms with E-state index in [1.165, 1.54) is 19.3 Å². The molecule has 0 saturated heterocycles. The van der Waals surface area contributed by atoms with Crippen LogP contribution in [0.25, 0.3) is 0 Å². The summed E-state index contributed by atoms with van der Waals surface area (Å²) in [5, 5.41) is 4.07. The average Bonchev–Trinajstić information content (AvgIpc) is 2.22. The third-order valence-corrected chi connectivity index (χ3v) is 3.80. The summed E-state index contributed by atoms with van der Waals surface area (Å²) in [6, 6.07) is 1.82. The summed E-state index contributed by atoms with van der Waals surface area (Å²) in [7, 11) is 0. The quantitative estimate of drug-likeness (QED) is 0.825. The van der Waals surface area contributed by atoms with Gasteiger partial charge in [-0.3, -0.25) is 0 Å². The van der Waals surface area contributed by atoms with Crippen molar-refractivity contribution in [2.75, 3.05) is 5.32 Å². The fraction of sp³-hybridized carbons (Fsp3) is 0.692. The van der Waals surface area contributed by atoms with E-state index in [2.05, 4.69) is 36.1 Å². The Morgan fingerprint density at radius 2 is 2.12 bits per heavy atom. The number of rotatable bonds is 4. The van der Waals surface area contributed by atoms with E-state index < -0.39 is 0 Å². The summed E-state index contributed by atoms with van der Waals surface area (Å²) in [5.41, 5.74) is 0.242. The second-order valence-corrected chi connectivity index (χ2v) is 5.59. The van der Waals surface area contributed by atoms with Crippen molar-refractivity contribution >= 4 is 17.4 Å². The maximum atomic E-state index is 6.04. The Morgan fingerprint density at radius 3 is 2.59 bits per heavy atom. The topological polar surface area (TPSA) is 37.8 Å². The van der Waals surface area contributed by atoms with Gasteiger partial charge in [-0.05, 0) is 25.7 Å². The molecule has 0 bridgehead atoms. The first-order valence-corrected chi connectivity index (χ1v) is 6.75. The van der Waals surface area contributed by atoms with Gasteiger partial charge in [-0.2, -0.15) is 0 Å². The van der Waals surface area contributed by atoms with Crippen LogP contribution < -0.4 is 5.32 Å². The van der Waals surface area contributed by atoms with E-state index in [0.29, 0.717) is 11.1 Å². The SMILES string of the molecule is CCC1(Nc2cc(Cl)nc(C(C)C)n2)CCC1. The van der Waals surface area contributed by atoms with Gasteiger partial charge in [0.15, 0.2) is 0 Å². The molecule has 1 saturated carbocycles. The van der Waals surface area contributed by atoms with Crippen molar-refractivity contribution in [2.45, 2.75) is 57.9 Å². The molecule has 0 unspecified atom stereocenters. The van der Waals surface area contributed by atoms with Crippen LogP contribution in [0.15, 0.2) is 6.07 Å². The minimum Gasteiger partial charge on any atom is -0.364 e. The smallest absolute Gasteiger partial charge is 0.135 e. The van der Waals surface area contributed by atoms with Crippen LogP contribution in [0.2, 0.25) is 5.15 Å². The van der Waals surface area contributed by atoms with E-state index in [1.54, 1.807) is 0 Å². The minimum atomic E-state index is 0.242. The molecule has 1 fully saturated rings. The minimum absolute atomic E-state index is 0.242. The molecule has 1 N–H and O–H groups in total. The summed E-state index contributed by atoms with van der Waals surface area (Å²) in [6.07, 6.45) is 4.88. The van der Waals surface area contributed by atoms with Gasteiger partial charge in [0.2, 0.25) is 0 Å². The molecule has 0 spiro atoms. The van der Waals surface area contributed by atoms with Crippen molar-refractivity contribution in [1.29, 1.82) is 0 Å². The van der Waals surface area contributed by atoms with Gasteiger partial charge in [0, 0.05) is 17.5 Å². The van der Waals surface area contributed by atoms with E-state index in [9.17, 15) is 0 Å². The van der Waals surface area contributed by atoms with Gasteiger partial charge < -0.3 is 5.32 Å². The summed E-state index contributed by atoms with van der Waals surface area (Å²) in [4.78, 5) is 8.79. The maximum Gasteiger partial charge on any atom is 0.135 e. The highest BCUT2D eigenvalue weighted by atomic mass is 35.5. The number of aromatic nitrogens is 2. The summed E-state index contributed by atoms with van der Waals surface area (Å²) < 4.78 is 0. The highest BCUT2D eigenvalue weighted by Crippen LogP contribution is 2.37. The Bertz CT molecular complexity index is 394. The third kappa shape index (κ3) is 2.71. The first-order valence-electron chi connectivity index (χ1n) is 6.37. The molecule has 2 rings (SSSR count). The molecule has 1 aliphatic carbocycles. The lowest BCUT2D eigenvalue weighted by molar-refractivity contribution is 0.268. The van der Waals surface area contributed by atoms with Crippen molar-refractivity contribution in [2.24, 2.45) is 0 Å². The molecule has 4 heteroatoms. The third-order valence-electron chi connectivity index (χ3n) is 3.61. The lowest BCUT2D eigenvalue weighted by Crippen LogP contribution is -2.44. The Labute approximate surface area is 108 Å². The zero-order valence-corrected chi connectivity index (χ0v) is 11.5. The molecular formula is C13H20ClN3. The van der Waals surface area contributed by atoms with Crippen LogP contribution in [0.3, 0.4) is 0 Å². The second-order valence-electron chi connectivity index (χ2n) is 5.20. The Morgan fingerprint density at radius 1 is 1.41 bits per heavy atom. The first-order chi connectivity index (χ1) is 8.04. The Hall–Kier alpha value is -0.830. The van der Waals surface area contributed by atoms with Crippen molar-refractivity contribution in [3.63, 3.8) is 0 Å². The lowest BCUT2D eigenvalue weighted by Gasteiger charge is -2.42. The van der Waals surface area contributed by atoms with E-state index in [0.717, 1.165) is 18.1 Å².